The number of carbonyl (C=O) groups excluding carboxylic acids is 1. The number of hydrogen-bond donors (Lipinski definition) is 1. The van der Waals surface area contributed by atoms with Gasteiger partial charge in [-0.1, -0.05) is 23.7 Å². The van der Waals surface area contributed by atoms with Crippen molar-refractivity contribution < 1.29 is 9.53 Å². The molecule has 0 radical (unpaired) electrons. The molecular weight excluding hydrogens is 238 g/mol. The van der Waals surface area contributed by atoms with Crippen molar-refractivity contribution >= 4 is 23.7 Å². The van der Waals surface area contributed by atoms with E-state index in [1.54, 1.807) is 36.4 Å². The molecule has 0 atom stereocenters. The lowest BCUT2D eigenvalue weighted by Crippen LogP contribution is -1.96. The number of ether oxygens (including phenoxy) is 1. The van der Waals surface area contributed by atoms with Crippen LogP contribution in [-0.4, -0.2) is 6.41 Å². The summed E-state index contributed by atoms with van der Waals surface area (Å²) in [4.78, 5) is 10.4. The van der Waals surface area contributed by atoms with Crippen LogP contribution in [0.2, 0.25) is 5.02 Å². The van der Waals surface area contributed by atoms with Gasteiger partial charge in [0.15, 0.2) is 5.75 Å². The lowest BCUT2D eigenvalue weighted by Gasteiger charge is -2.09. The van der Waals surface area contributed by atoms with E-state index in [-0.39, 0.29) is 0 Å². The molecule has 1 amide bonds. The number of para-hydroxylation sites is 2. The first-order valence-corrected chi connectivity index (χ1v) is 5.40. The lowest BCUT2D eigenvalue weighted by molar-refractivity contribution is -0.105. The lowest BCUT2D eigenvalue weighted by atomic mass is 10.3. The molecule has 0 saturated heterocycles. The van der Waals surface area contributed by atoms with Crippen molar-refractivity contribution in [2.45, 2.75) is 0 Å². The van der Waals surface area contributed by atoms with Crippen molar-refractivity contribution in [3.63, 3.8) is 0 Å². The Labute approximate surface area is 104 Å². The van der Waals surface area contributed by atoms with Crippen LogP contribution in [-0.2, 0) is 4.79 Å². The number of rotatable bonds is 4. The minimum atomic E-state index is 0.585. The summed E-state index contributed by atoms with van der Waals surface area (Å²) >= 11 is 5.78. The quantitative estimate of drug-likeness (QED) is 0.837. The van der Waals surface area contributed by atoms with Crippen LogP contribution >= 0.6 is 11.6 Å². The van der Waals surface area contributed by atoms with Crippen molar-refractivity contribution in [2.75, 3.05) is 5.32 Å². The van der Waals surface area contributed by atoms with Gasteiger partial charge in [0.1, 0.15) is 5.75 Å². The van der Waals surface area contributed by atoms with Crippen molar-refractivity contribution in [3.05, 3.63) is 53.6 Å². The fraction of sp³-hybridized carbons (Fsp3) is 0. The van der Waals surface area contributed by atoms with E-state index in [0.717, 1.165) is 0 Å². The van der Waals surface area contributed by atoms with E-state index >= 15 is 0 Å². The van der Waals surface area contributed by atoms with Gasteiger partial charge >= 0.3 is 0 Å². The number of hydrogen-bond acceptors (Lipinski definition) is 2. The van der Waals surface area contributed by atoms with Gasteiger partial charge in [0, 0.05) is 5.02 Å². The average Bonchev–Trinajstić information content (AvgIpc) is 2.35. The second kappa shape index (κ2) is 5.37. The summed E-state index contributed by atoms with van der Waals surface area (Å²) in [5.41, 5.74) is 0.623. The van der Waals surface area contributed by atoms with Crippen LogP contribution in [0.4, 0.5) is 5.69 Å². The Morgan fingerprint density at radius 1 is 1.06 bits per heavy atom. The molecule has 2 aromatic rings. The van der Waals surface area contributed by atoms with Gasteiger partial charge in [0.05, 0.1) is 5.69 Å². The highest BCUT2D eigenvalue weighted by Crippen LogP contribution is 2.29. The highest BCUT2D eigenvalue weighted by molar-refractivity contribution is 6.30. The zero-order chi connectivity index (χ0) is 12.1. The molecule has 0 aromatic heterocycles. The molecule has 0 aliphatic rings. The predicted molar refractivity (Wildman–Crippen MR) is 67.7 cm³/mol. The van der Waals surface area contributed by atoms with Crippen molar-refractivity contribution in [2.24, 2.45) is 0 Å². The van der Waals surface area contributed by atoms with Crippen LogP contribution in [0, 0.1) is 0 Å². The maximum absolute atomic E-state index is 10.4. The number of nitrogens with one attached hydrogen (secondary N) is 1. The third kappa shape index (κ3) is 2.98. The molecule has 0 aliphatic heterocycles. The third-order valence-corrected chi connectivity index (χ3v) is 2.39. The van der Waals surface area contributed by atoms with Gasteiger partial charge in [-0.25, -0.2) is 0 Å². The van der Waals surface area contributed by atoms with E-state index in [4.69, 9.17) is 16.3 Å². The fourth-order valence-electron chi connectivity index (χ4n) is 1.37. The molecule has 3 nitrogen and oxygen atoms in total. The maximum Gasteiger partial charge on any atom is 0.211 e. The van der Waals surface area contributed by atoms with Crippen molar-refractivity contribution in [1.29, 1.82) is 0 Å². The van der Waals surface area contributed by atoms with Gasteiger partial charge in [0.2, 0.25) is 6.41 Å². The normalized spacial score (nSPS) is 9.71. The molecule has 17 heavy (non-hydrogen) atoms. The van der Waals surface area contributed by atoms with E-state index in [0.29, 0.717) is 28.6 Å². The third-order valence-electron chi connectivity index (χ3n) is 2.14. The second-order valence-corrected chi connectivity index (χ2v) is 3.75. The SMILES string of the molecule is O=CNc1ccccc1Oc1ccc(Cl)cc1. The van der Waals surface area contributed by atoms with E-state index in [1.807, 2.05) is 12.1 Å². The zero-order valence-electron chi connectivity index (χ0n) is 8.89. The zero-order valence-corrected chi connectivity index (χ0v) is 9.65. The summed E-state index contributed by atoms with van der Waals surface area (Å²) in [5, 5.41) is 3.23. The highest BCUT2D eigenvalue weighted by atomic mass is 35.5. The van der Waals surface area contributed by atoms with E-state index in [1.165, 1.54) is 0 Å². The van der Waals surface area contributed by atoms with Crippen LogP contribution in [0.1, 0.15) is 0 Å². The monoisotopic (exact) mass is 247 g/mol. The molecule has 4 heteroatoms. The van der Waals surface area contributed by atoms with Crippen LogP contribution in [0.25, 0.3) is 0 Å². The van der Waals surface area contributed by atoms with Crippen molar-refractivity contribution in [1.82, 2.24) is 0 Å². The second-order valence-electron chi connectivity index (χ2n) is 3.31. The summed E-state index contributed by atoms with van der Waals surface area (Å²) in [6.07, 6.45) is 0.615. The Balaban J connectivity index is 2.23. The van der Waals surface area contributed by atoms with Gasteiger partial charge in [0.25, 0.3) is 0 Å². The Kier molecular flexibility index (Phi) is 3.62. The molecule has 0 aliphatic carbocycles. The van der Waals surface area contributed by atoms with Crippen LogP contribution in [0.5, 0.6) is 11.5 Å². The molecule has 0 heterocycles. The number of amides is 1. The highest BCUT2D eigenvalue weighted by Gasteiger charge is 2.03. The Hall–Kier alpha value is -2.00. The van der Waals surface area contributed by atoms with Crippen LogP contribution in [0.15, 0.2) is 48.5 Å². The number of benzene rings is 2. The number of anilines is 1. The molecule has 0 unspecified atom stereocenters. The minimum Gasteiger partial charge on any atom is -0.455 e. The number of halogens is 1. The average molecular weight is 248 g/mol. The molecule has 0 saturated carbocycles. The summed E-state index contributed by atoms with van der Waals surface area (Å²) in [5.74, 6) is 1.25. The summed E-state index contributed by atoms with van der Waals surface area (Å²) in [6, 6.07) is 14.2. The molecule has 86 valence electrons. The van der Waals surface area contributed by atoms with Gasteiger partial charge < -0.3 is 10.1 Å². The molecule has 0 fully saturated rings. The number of carbonyl (C=O) groups is 1. The smallest absolute Gasteiger partial charge is 0.211 e. The van der Waals surface area contributed by atoms with Crippen LogP contribution in [0.3, 0.4) is 0 Å². The maximum atomic E-state index is 10.4. The minimum absolute atomic E-state index is 0.585. The largest absolute Gasteiger partial charge is 0.455 e. The molecule has 0 spiro atoms. The summed E-state index contributed by atoms with van der Waals surface area (Å²) in [7, 11) is 0. The van der Waals surface area contributed by atoms with Gasteiger partial charge in [-0.2, -0.15) is 0 Å². The fourth-order valence-corrected chi connectivity index (χ4v) is 1.49. The topological polar surface area (TPSA) is 38.3 Å². The Morgan fingerprint density at radius 3 is 2.47 bits per heavy atom. The van der Waals surface area contributed by atoms with E-state index in [9.17, 15) is 4.79 Å². The van der Waals surface area contributed by atoms with E-state index < -0.39 is 0 Å². The van der Waals surface area contributed by atoms with E-state index in [2.05, 4.69) is 5.32 Å². The Morgan fingerprint density at radius 2 is 1.76 bits per heavy atom. The standard InChI is InChI=1S/C13H10ClNO2/c14-10-5-7-11(8-6-10)17-13-4-2-1-3-12(13)15-9-16/h1-9H,(H,15,16). The van der Waals surface area contributed by atoms with Gasteiger partial charge in [-0.05, 0) is 36.4 Å². The summed E-state index contributed by atoms with van der Waals surface area (Å²) < 4.78 is 5.64. The first-order valence-electron chi connectivity index (χ1n) is 5.02. The molecule has 0 bridgehead atoms. The molecule has 2 rings (SSSR count). The molecule has 1 N–H and O–H groups in total. The summed E-state index contributed by atoms with van der Waals surface area (Å²) in [6.45, 7) is 0. The first kappa shape index (κ1) is 11.5. The molecule has 2 aromatic carbocycles. The van der Waals surface area contributed by atoms with Crippen LogP contribution < -0.4 is 10.1 Å². The Bertz CT molecular complexity index is 511. The predicted octanol–water partition coefficient (Wildman–Crippen LogP) is 3.70. The first-order chi connectivity index (χ1) is 8.29. The van der Waals surface area contributed by atoms with Gasteiger partial charge in [-0.15, -0.1) is 0 Å². The van der Waals surface area contributed by atoms with Gasteiger partial charge in [-0.3, -0.25) is 4.79 Å². The molecular formula is C13H10ClNO2. The van der Waals surface area contributed by atoms with Crippen molar-refractivity contribution in [3.8, 4) is 11.5 Å².